The van der Waals surface area contributed by atoms with Gasteiger partial charge < -0.3 is 5.32 Å². The molecule has 1 N–H and O–H groups in total. The van der Waals surface area contributed by atoms with Crippen molar-refractivity contribution in [1.82, 2.24) is 15.1 Å². The van der Waals surface area contributed by atoms with Crippen LogP contribution in [-0.2, 0) is 0 Å². The highest BCUT2D eigenvalue weighted by Gasteiger charge is 2.38. The maximum absolute atomic E-state index is 3.72. The molecule has 2 saturated heterocycles. The number of nitrogens with one attached hydrogen (secondary N) is 1. The average Bonchev–Trinajstić information content (AvgIpc) is 2.92. The van der Waals surface area contributed by atoms with Crippen LogP contribution in [0.2, 0.25) is 0 Å². The average molecular weight is 279 g/mol. The van der Waals surface area contributed by atoms with Crippen molar-refractivity contribution >= 4 is 0 Å². The van der Waals surface area contributed by atoms with E-state index in [0.29, 0.717) is 0 Å². The summed E-state index contributed by atoms with van der Waals surface area (Å²) in [6.45, 7) is 9.94. The zero-order valence-electron chi connectivity index (χ0n) is 13.5. The highest BCUT2D eigenvalue weighted by atomic mass is 15.3. The molecular weight excluding hydrogens is 246 g/mol. The molecule has 0 aromatic carbocycles. The molecule has 3 rings (SSSR count). The van der Waals surface area contributed by atoms with Crippen molar-refractivity contribution in [3.05, 3.63) is 0 Å². The zero-order valence-corrected chi connectivity index (χ0v) is 13.5. The summed E-state index contributed by atoms with van der Waals surface area (Å²) in [5.74, 6) is 0. The number of nitrogens with zero attached hydrogens (tertiary/aromatic N) is 2. The first-order valence-corrected chi connectivity index (χ1v) is 9.01. The fraction of sp³-hybridized carbons (Fsp3) is 1.00. The van der Waals surface area contributed by atoms with E-state index >= 15 is 0 Å². The van der Waals surface area contributed by atoms with E-state index in [9.17, 15) is 0 Å². The first-order valence-electron chi connectivity index (χ1n) is 9.01. The Morgan fingerprint density at radius 2 is 1.80 bits per heavy atom. The summed E-state index contributed by atoms with van der Waals surface area (Å²) < 4.78 is 0. The summed E-state index contributed by atoms with van der Waals surface area (Å²) in [5, 5.41) is 3.72. The van der Waals surface area contributed by atoms with Crippen LogP contribution in [-0.4, -0.2) is 60.1 Å². The van der Waals surface area contributed by atoms with E-state index in [0.717, 1.165) is 24.2 Å². The molecule has 2 atom stereocenters. The number of hydrogen-bond donors (Lipinski definition) is 1. The third-order valence-electron chi connectivity index (χ3n) is 5.83. The SMILES string of the molecule is CCCNC1CCC(N2CC3CCCN3CC2C)CC1. The zero-order chi connectivity index (χ0) is 13.9. The second-order valence-electron chi connectivity index (χ2n) is 7.30. The minimum Gasteiger partial charge on any atom is -0.314 e. The van der Waals surface area contributed by atoms with Gasteiger partial charge in [0.2, 0.25) is 0 Å². The minimum atomic E-state index is 0.773. The van der Waals surface area contributed by atoms with Crippen LogP contribution >= 0.6 is 0 Å². The van der Waals surface area contributed by atoms with Crippen molar-refractivity contribution in [2.24, 2.45) is 0 Å². The Morgan fingerprint density at radius 1 is 1.00 bits per heavy atom. The van der Waals surface area contributed by atoms with Crippen molar-refractivity contribution in [2.75, 3.05) is 26.2 Å². The number of piperazine rings is 1. The van der Waals surface area contributed by atoms with E-state index in [-0.39, 0.29) is 0 Å². The quantitative estimate of drug-likeness (QED) is 0.853. The van der Waals surface area contributed by atoms with Crippen LogP contribution < -0.4 is 5.32 Å². The van der Waals surface area contributed by atoms with Crippen molar-refractivity contribution in [3.63, 3.8) is 0 Å². The van der Waals surface area contributed by atoms with Gasteiger partial charge in [0.25, 0.3) is 0 Å². The van der Waals surface area contributed by atoms with E-state index < -0.39 is 0 Å². The Hall–Kier alpha value is -0.120. The molecule has 0 radical (unpaired) electrons. The van der Waals surface area contributed by atoms with Crippen LogP contribution in [0, 0.1) is 0 Å². The van der Waals surface area contributed by atoms with Gasteiger partial charge in [-0.05, 0) is 65.0 Å². The molecule has 2 aliphatic heterocycles. The molecule has 2 unspecified atom stereocenters. The van der Waals surface area contributed by atoms with Gasteiger partial charge in [-0.15, -0.1) is 0 Å². The molecule has 3 heteroatoms. The van der Waals surface area contributed by atoms with Gasteiger partial charge in [0, 0.05) is 37.3 Å². The van der Waals surface area contributed by atoms with Gasteiger partial charge in [-0.25, -0.2) is 0 Å². The van der Waals surface area contributed by atoms with E-state index in [1.165, 1.54) is 71.1 Å². The third kappa shape index (κ3) is 3.20. The van der Waals surface area contributed by atoms with Crippen LogP contribution in [0.25, 0.3) is 0 Å². The summed E-state index contributed by atoms with van der Waals surface area (Å²) in [6.07, 6.45) is 9.75. The summed E-state index contributed by atoms with van der Waals surface area (Å²) in [4.78, 5) is 5.61. The van der Waals surface area contributed by atoms with Crippen LogP contribution in [0.1, 0.15) is 58.8 Å². The molecule has 20 heavy (non-hydrogen) atoms. The second-order valence-corrected chi connectivity index (χ2v) is 7.30. The molecule has 116 valence electrons. The van der Waals surface area contributed by atoms with Gasteiger partial charge in [-0.2, -0.15) is 0 Å². The topological polar surface area (TPSA) is 18.5 Å². The molecule has 1 aliphatic carbocycles. The van der Waals surface area contributed by atoms with Crippen molar-refractivity contribution in [2.45, 2.75) is 83.0 Å². The van der Waals surface area contributed by atoms with Crippen molar-refractivity contribution in [3.8, 4) is 0 Å². The standard InChI is InChI=1S/C17H33N3/c1-3-10-18-15-6-8-16(9-7-15)20-13-17-5-4-11-19(17)12-14(20)2/h14-18H,3-13H2,1-2H3. The van der Waals surface area contributed by atoms with Gasteiger partial charge in [-0.3, -0.25) is 9.80 Å². The molecule has 2 heterocycles. The minimum absolute atomic E-state index is 0.773. The van der Waals surface area contributed by atoms with Crippen molar-refractivity contribution < 1.29 is 0 Å². The van der Waals surface area contributed by atoms with Crippen molar-refractivity contribution in [1.29, 1.82) is 0 Å². The van der Waals surface area contributed by atoms with Gasteiger partial charge in [0.15, 0.2) is 0 Å². The molecule has 0 aromatic rings. The van der Waals surface area contributed by atoms with E-state index in [1.54, 1.807) is 0 Å². The highest BCUT2D eigenvalue weighted by Crippen LogP contribution is 2.31. The Labute approximate surface area is 125 Å². The fourth-order valence-electron chi connectivity index (χ4n) is 4.68. The highest BCUT2D eigenvalue weighted by molar-refractivity contribution is 4.94. The monoisotopic (exact) mass is 279 g/mol. The maximum atomic E-state index is 3.72. The maximum Gasteiger partial charge on any atom is 0.0224 e. The number of hydrogen-bond acceptors (Lipinski definition) is 3. The molecule has 0 amide bonds. The van der Waals surface area contributed by atoms with Gasteiger partial charge in [0.1, 0.15) is 0 Å². The molecule has 3 nitrogen and oxygen atoms in total. The molecule has 3 aliphatic rings. The van der Waals surface area contributed by atoms with Gasteiger partial charge >= 0.3 is 0 Å². The molecule has 0 bridgehead atoms. The van der Waals surface area contributed by atoms with E-state index in [1.807, 2.05) is 0 Å². The largest absolute Gasteiger partial charge is 0.314 e. The van der Waals surface area contributed by atoms with Crippen LogP contribution in [0.5, 0.6) is 0 Å². The Kier molecular flexibility index (Phi) is 5.00. The predicted octanol–water partition coefficient (Wildman–Crippen LogP) is 2.47. The van der Waals surface area contributed by atoms with E-state index in [2.05, 4.69) is 29.0 Å². The first kappa shape index (κ1) is 14.8. The molecule has 0 aromatic heterocycles. The smallest absolute Gasteiger partial charge is 0.0224 e. The number of rotatable bonds is 4. The number of fused-ring (bicyclic) bond motifs is 1. The lowest BCUT2D eigenvalue weighted by Crippen LogP contribution is -2.58. The first-order chi connectivity index (χ1) is 9.78. The molecule has 1 saturated carbocycles. The summed E-state index contributed by atoms with van der Waals surface area (Å²) in [6, 6.07) is 3.32. The summed E-state index contributed by atoms with van der Waals surface area (Å²) in [5.41, 5.74) is 0. The van der Waals surface area contributed by atoms with Gasteiger partial charge in [-0.1, -0.05) is 6.92 Å². The Balaban J connectivity index is 1.50. The normalized spacial score (nSPS) is 39.9. The van der Waals surface area contributed by atoms with Gasteiger partial charge in [0.05, 0.1) is 0 Å². The van der Waals surface area contributed by atoms with E-state index in [4.69, 9.17) is 0 Å². The second kappa shape index (κ2) is 6.76. The Bertz CT molecular complexity index is 299. The Morgan fingerprint density at radius 3 is 2.55 bits per heavy atom. The predicted molar refractivity (Wildman–Crippen MR) is 85.1 cm³/mol. The van der Waals surface area contributed by atoms with Crippen LogP contribution in [0.15, 0.2) is 0 Å². The fourth-order valence-corrected chi connectivity index (χ4v) is 4.68. The third-order valence-corrected chi connectivity index (χ3v) is 5.83. The lowest BCUT2D eigenvalue weighted by atomic mass is 9.88. The molecule has 0 spiro atoms. The molecule has 3 fully saturated rings. The lowest BCUT2D eigenvalue weighted by Gasteiger charge is -2.47. The summed E-state index contributed by atoms with van der Waals surface area (Å²) >= 11 is 0. The van der Waals surface area contributed by atoms with Crippen LogP contribution in [0.4, 0.5) is 0 Å². The molecular formula is C17H33N3. The lowest BCUT2D eigenvalue weighted by molar-refractivity contribution is 0.0133. The summed E-state index contributed by atoms with van der Waals surface area (Å²) in [7, 11) is 0. The van der Waals surface area contributed by atoms with Crippen LogP contribution in [0.3, 0.4) is 0 Å².